The molecule has 0 fully saturated rings. The second-order valence-corrected chi connectivity index (χ2v) is 8.34. The van der Waals surface area contributed by atoms with E-state index in [0.717, 1.165) is 11.1 Å². The van der Waals surface area contributed by atoms with E-state index in [0.29, 0.717) is 18.7 Å². The lowest BCUT2D eigenvalue weighted by atomic mass is 10.1. The Morgan fingerprint density at radius 1 is 1.03 bits per heavy atom. The molecule has 2 rings (SSSR count). The first kappa shape index (κ1) is 22.5. The molecule has 5 heteroatoms. The summed E-state index contributed by atoms with van der Waals surface area (Å²) in [7, 11) is 0. The van der Waals surface area contributed by atoms with Crippen LogP contribution in [0.2, 0.25) is 0 Å². The van der Waals surface area contributed by atoms with E-state index < -0.39 is 6.04 Å². The van der Waals surface area contributed by atoms with Gasteiger partial charge in [0.25, 0.3) is 5.91 Å². The van der Waals surface area contributed by atoms with Gasteiger partial charge in [0.2, 0.25) is 5.91 Å². The van der Waals surface area contributed by atoms with Crippen molar-refractivity contribution in [3.05, 3.63) is 65.7 Å². The molecule has 2 aromatic carbocycles. The maximum absolute atomic E-state index is 12.9. The van der Waals surface area contributed by atoms with Crippen LogP contribution in [0.3, 0.4) is 0 Å². The maximum atomic E-state index is 12.9. The van der Waals surface area contributed by atoms with Crippen molar-refractivity contribution in [2.24, 2.45) is 0 Å². The molecule has 0 aliphatic carbocycles. The Hall–Kier alpha value is -2.82. The second kappa shape index (κ2) is 10.1. The third kappa shape index (κ3) is 7.60. The summed E-state index contributed by atoms with van der Waals surface area (Å²) in [5.74, 6) is 0.256. The van der Waals surface area contributed by atoms with Crippen molar-refractivity contribution in [1.82, 2.24) is 10.2 Å². The SMILES string of the molecule is Cc1ccc(OCC(=O)N(CCc2ccccc2)C(C)C(=O)NC(C)(C)C)cc1. The Kier molecular flexibility index (Phi) is 7.82. The van der Waals surface area contributed by atoms with Gasteiger partial charge >= 0.3 is 0 Å². The van der Waals surface area contributed by atoms with Gasteiger partial charge in [0.05, 0.1) is 0 Å². The van der Waals surface area contributed by atoms with Crippen LogP contribution in [0.25, 0.3) is 0 Å². The van der Waals surface area contributed by atoms with Gasteiger partial charge in [-0.15, -0.1) is 0 Å². The number of hydrogen-bond acceptors (Lipinski definition) is 3. The first-order chi connectivity index (χ1) is 13.7. The van der Waals surface area contributed by atoms with E-state index in [2.05, 4.69) is 5.32 Å². The molecule has 0 saturated heterocycles. The fourth-order valence-electron chi connectivity index (χ4n) is 2.91. The number of carbonyl (C=O) groups is 2. The summed E-state index contributed by atoms with van der Waals surface area (Å²) in [6, 6.07) is 16.9. The van der Waals surface area contributed by atoms with Gasteiger partial charge in [-0.25, -0.2) is 0 Å². The number of benzene rings is 2. The van der Waals surface area contributed by atoms with E-state index in [-0.39, 0.29) is 24.0 Å². The van der Waals surface area contributed by atoms with E-state index in [1.54, 1.807) is 11.8 Å². The molecule has 0 heterocycles. The highest BCUT2D eigenvalue weighted by atomic mass is 16.5. The first-order valence-electron chi connectivity index (χ1n) is 10.0. The van der Waals surface area contributed by atoms with Crippen LogP contribution in [0.15, 0.2) is 54.6 Å². The molecule has 0 saturated carbocycles. The van der Waals surface area contributed by atoms with Gasteiger partial charge in [0, 0.05) is 12.1 Å². The van der Waals surface area contributed by atoms with Gasteiger partial charge in [-0.3, -0.25) is 9.59 Å². The van der Waals surface area contributed by atoms with Crippen molar-refractivity contribution >= 4 is 11.8 Å². The quantitative estimate of drug-likeness (QED) is 0.739. The molecular formula is C24H32N2O3. The average Bonchev–Trinajstić information content (AvgIpc) is 2.67. The Morgan fingerprint density at radius 2 is 1.66 bits per heavy atom. The molecule has 0 bridgehead atoms. The minimum atomic E-state index is -0.591. The predicted molar refractivity (Wildman–Crippen MR) is 116 cm³/mol. The van der Waals surface area contributed by atoms with Crippen molar-refractivity contribution in [2.75, 3.05) is 13.2 Å². The van der Waals surface area contributed by atoms with Gasteiger partial charge in [-0.2, -0.15) is 0 Å². The zero-order valence-corrected chi connectivity index (χ0v) is 18.1. The normalized spacial score (nSPS) is 12.2. The molecular weight excluding hydrogens is 364 g/mol. The number of nitrogens with zero attached hydrogens (tertiary/aromatic N) is 1. The second-order valence-electron chi connectivity index (χ2n) is 8.34. The lowest BCUT2D eigenvalue weighted by molar-refractivity contribution is -0.142. The fourth-order valence-corrected chi connectivity index (χ4v) is 2.91. The van der Waals surface area contributed by atoms with Crippen LogP contribution in [-0.2, 0) is 16.0 Å². The summed E-state index contributed by atoms with van der Waals surface area (Å²) >= 11 is 0. The molecule has 0 aliphatic rings. The maximum Gasteiger partial charge on any atom is 0.261 e. The summed E-state index contributed by atoms with van der Waals surface area (Å²) < 4.78 is 5.66. The standard InChI is InChI=1S/C24H32N2O3/c1-18-11-13-21(14-12-18)29-17-22(27)26(16-15-20-9-7-6-8-10-20)19(2)23(28)25-24(3,4)5/h6-14,19H,15-17H2,1-5H3,(H,25,28). The zero-order chi connectivity index (χ0) is 21.4. The van der Waals surface area contributed by atoms with Crippen molar-refractivity contribution in [3.63, 3.8) is 0 Å². The molecule has 156 valence electrons. The van der Waals surface area contributed by atoms with Crippen molar-refractivity contribution in [2.45, 2.75) is 52.6 Å². The fraction of sp³-hybridized carbons (Fsp3) is 0.417. The summed E-state index contributed by atoms with van der Waals surface area (Å²) in [4.78, 5) is 27.2. The summed E-state index contributed by atoms with van der Waals surface area (Å²) in [6.07, 6.45) is 0.671. The van der Waals surface area contributed by atoms with Crippen LogP contribution >= 0.6 is 0 Å². The number of amides is 2. The lowest BCUT2D eigenvalue weighted by Crippen LogP contribution is -2.53. The lowest BCUT2D eigenvalue weighted by Gasteiger charge is -2.31. The molecule has 2 aromatic rings. The number of carbonyl (C=O) groups excluding carboxylic acids is 2. The topological polar surface area (TPSA) is 58.6 Å². The molecule has 0 radical (unpaired) electrons. The van der Waals surface area contributed by atoms with Crippen LogP contribution in [0.5, 0.6) is 5.75 Å². The van der Waals surface area contributed by atoms with Crippen LogP contribution in [-0.4, -0.2) is 41.4 Å². The van der Waals surface area contributed by atoms with Gasteiger partial charge < -0.3 is 15.0 Å². The van der Waals surface area contributed by atoms with Gasteiger partial charge in [0.15, 0.2) is 6.61 Å². The third-order valence-electron chi connectivity index (χ3n) is 4.53. The van der Waals surface area contributed by atoms with E-state index in [4.69, 9.17) is 4.74 Å². The minimum absolute atomic E-state index is 0.106. The highest BCUT2D eigenvalue weighted by molar-refractivity contribution is 5.88. The number of hydrogen-bond donors (Lipinski definition) is 1. The molecule has 1 N–H and O–H groups in total. The van der Waals surface area contributed by atoms with E-state index in [1.165, 1.54) is 0 Å². The summed E-state index contributed by atoms with van der Waals surface area (Å²) in [5, 5.41) is 2.96. The zero-order valence-electron chi connectivity index (χ0n) is 18.1. The Morgan fingerprint density at radius 3 is 2.24 bits per heavy atom. The van der Waals surface area contributed by atoms with Crippen molar-refractivity contribution in [1.29, 1.82) is 0 Å². The first-order valence-corrected chi connectivity index (χ1v) is 10.0. The molecule has 29 heavy (non-hydrogen) atoms. The van der Waals surface area contributed by atoms with Crippen LogP contribution < -0.4 is 10.1 Å². The van der Waals surface area contributed by atoms with Gasteiger partial charge in [0.1, 0.15) is 11.8 Å². The summed E-state index contributed by atoms with van der Waals surface area (Å²) in [6.45, 7) is 9.87. The van der Waals surface area contributed by atoms with Crippen molar-refractivity contribution in [3.8, 4) is 5.75 Å². The molecule has 0 aliphatic heterocycles. The smallest absolute Gasteiger partial charge is 0.261 e. The Bertz CT molecular complexity index is 795. The van der Waals surface area contributed by atoms with Crippen LogP contribution in [0.4, 0.5) is 0 Å². The number of nitrogens with one attached hydrogen (secondary N) is 1. The molecule has 0 spiro atoms. The van der Waals surface area contributed by atoms with Crippen LogP contribution in [0.1, 0.15) is 38.8 Å². The molecule has 2 amide bonds. The number of aryl methyl sites for hydroxylation is 1. The van der Waals surface area contributed by atoms with Crippen molar-refractivity contribution < 1.29 is 14.3 Å². The predicted octanol–water partition coefficient (Wildman–Crippen LogP) is 3.75. The molecule has 1 atom stereocenters. The Labute approximate surface area is 174 Å². The monoisotopic (exact) mass is 396 g/mol. The molecule has 0 aromatic heterocycles. The Balaban J connectivity index is 2.07. The molecule has 5 nitrogen and oxygen atoms in total. The average molecular weight is 397 g/mol. The van der Waals surface area contributed by atoms with E-state index >= 15 is 0 Å². The third-order valence-corrected chi connectivity index (χ3v) is 4.53. The van der Waals surface area contributed by atoms with Gasteiger partial charge in [-0.1, -0.05) is 48.0 Å². The summed E-state index contributed by atoms with van der Waals surface area (Å²) in [5.41, 5.74) is 1.88. The van der Waals surface area contributed by atoms with Gasteiger partial charge in [-0.05, 0) is 58.7 Å². The van der Waals surface area contributed by atoms with Crippen LogP contribution in [0, 0.1) is 6.92 Å². The molecule has 1 unspecified atom stereocenters. The highest BCUT2D eigenvalue weighted by Gasteiger charge is 2.28. The largest absolute Gasteiger partial charge is 0.484 e. The van der Waals surface area contributed by atoms with E-state index in [1.807, 2.05) is 82.3 Å². The number of rotatable bonds is 8. The highest BCUT2D eigenvalue weighted by Crippen LogP contribution is 2.13. The number of ether oxygens (including phenoxy) is 1. The van der Waals surface area contributed by atoms with E-state index in [9.17, 15) is 9.59 Å². The minimum Gasteiger partial charge on any atom is -0.484 e.